The molecule has 1 aromatic heterocycles. The van der Waals surface area contributed by atoms with E-state index in [-0.39, 0.29) is 31.4 Å². The summed E-state index contributed by atoms with van der Waals surface area (Å²) in [6, 6.07) is 16.9. The number of benzene rings is 2. The van der Waals surface area contributed by atoms with Gasteiger partial charge in [-0.25, -0.2) is 9.59 Å². The van der Waals surface area contributed by atoms with Crippen molar-refractivity contribution in [2.24, 2.45) is 0 Å². The van der Waals surface area contributed by atoms with Crippen molar-refractivity contribution in [3.63, 3.8) is 0 Å². The van der Waals surface area contributed by atoms with Crippen molar-refractivity contribution < 1.29 is 14.3 Å². The molecule has 7 nitrogen and oxygen atoms in total. The maximum Gasteiger partial charge on any atom is 0.338 e. The van der Waals surface area contributed by atoms with Gasteiger partial charge in [-0.1, -0.05) is 68.0 Å². The smallest absolute Gasteiger partial charge is 0.338 e. The Hall–Kier alpha value is -3.71. The van der Waals surface area contributed by atoms with Crippen LogP contribution in [0.3, 0.4) is 0 Å². The van der Waals surface area contributed by atoms with Crippen molar-refractivity contribution in [2.45, 2.75) is 39.8 Å². The first-order valence-electron chi connectivity index (χ1n) is 11.2. The molecule has 0 aliphatic rings. The van der Waals surface area contributed by atoms with Gasteiger partial charge in [-0.2, -0.15) is 0 Å². The minimum Gasteiger partial charge on any atom is -0.458 e. The van der Waals surface area contributed by atoms with Gasteiger partial charge in [0.1, 0.15) is 13.3 Å². The van der Waals surface area contributed by atoms with E-state index in [9.17, 15) is 14.4 Å². The summed E-state index contributed by atoms with van der Waals surface area (Å²) >= 11 is 0. The number of aromatic amines is 1. The molecule has 0 unspecified atom stereocenters. The molecular formula is C27H30N2O5. The Morgan fingerprint density at radius 2 is 1.68 bits per heavy atom. The molecule has 1 heterocycles. The number of rotatable bonds is 10. The highest BCUT2D eigenvalue weighted by Crippen LogP contribution is 2.18. The summed E-state index contributed by atoms with van der Waals surface area (Å²) in [5.74, 6) is -0.449. The average Bonchev–Trinajstić information content (AvgIpc) is 2.80. The second-order valence-corrected chi connectivity index (χ2v) is 8.30. The monoisotopic (exact) mass is 462 g/mol. The standard InChI is InChI=1S/C27H30N2O5/c1-19(2)24-23(17-21-9-5-4-6-10-21)29(27(32)28-25(24)30)18-33-15-7-8-16-34-26(31)22-13-11-20(3)12-14-22/h4-14,19H,15-18H2,1-3H3,(H,28,30,32)/b8-7+. The number of hydrogen-bond donors (Lipinski definition) is 1. The third kappa shape index (κ3) is 6.65. The maximum atomic E-state index is 12.6. The molecule has 3 rings (SSSR count). The number of esters is 1. The molecule has 0 bridgehead atoms. The molecule has 7 heteroatoms. The topological polar surface area (TPSA) is 90.4 Å². The lowest BCUT2D eigenvalue weighted by molar-refractivity contribution is 0.0547. The first kappa shape index (κ1) is 24.9. The van der Waals surface area contributed by atoms with E-state index in [2.05, 4.69) is 4.98 Å². The predicted molar refractivity (Wildman–Crippen MR) is 131 cm³/mol. The molecule has 34 heavy (non-hydrogen) atoms. The number of nitrogens with zero attached hydrogens (tertiary/aromatic N) is 1. The second-order valence-electron chi connectivity index (χ2n) is 8.30. The Bertz CT molecular complexity index is 1240. The lowest BCUT2D eigenvalue weighted by atomic mass is 9.98. The molecule has 0 fully saturated rings. The van der Waals surface area contributed by atoms with E-state index >= 15 is 0 Å². The van der Waals surface area contributed by atoms with Crippen LogP contribution in [0.5, 0.6) is 0 Å². The molecule has 0 atom stereocenters. The Morgan fingerprint density at radius 3 is 2.35 bits per heavy atom. The molecule has 0 saturated heterocycles. The van der Waals surface area contributed by atoms with Crippen LogP contribution in [-0.2, 0) is 22.6 Å². The van der Waals surface area contributed by atoms with Crippen LogP contribution >= 0.6 is 0 Å². The van der Waals surface area contributed by atoms with Gasteiger partial charge in [-0.3, -0.25) is 14.3 Å². The highest BCUT2D eigenvalue weighted by atomic mass is 16.5. The summed E-state index contributed by atoms with van der Waals surface area (Å²) in [4.78, 5) is 39.5. The fourth-order valence-corrected chi connectivity index (χ4v) is 3.59. The van der Waals surface area contributed by atoms with Gasteiger partial charge in [0.15, 0.2) is 0 Å². The lowest BCUT2D eigenvalue weighted by Gasteiger charge is -2.18. The Balaban J connectivity index is 1.62. The van der Waals surface area contributed by atoms with Gasteiger partial charge in [-0.15, -0.1) is 0 Å². The molecular weight excluding hydrogens is 432 g/mol. The van der Waals surface area contributed by atoms with Crippen LogP contribution in [0.2, 0.25) is 0 Å². The van der Waals surface area contributed by atoms with Crippen LogP contribution in [0.4, 0.5) is 0 Å². The molecule has 0 aliphatic carbocycles. The van der Waals surface area contributed by atoms with E-state index in [0.29, 0.717) is 23.2 Å². The van der Waals surface area contributed by atoms with Crippen molar-refractivity contribution in [2.75, 3.05) is 13.2 Å². The van der Waals surface area contributed by atoms with Gasteiger partial charge < -0.3 is 9.47 Å². The molecule has 1 N–H and O–H groups in total. The third-order valence-corrected chi connectivity index (χ3v) is 5.34. The van der Waals surface area contributed by atoms with Crippen molar-refractivity contribution in [1.82, 2.24) is 9.55 Å². The molecule has 0 amide bonds. The van der Waals surface area contributed by atoms with Gasteiger partial charge in [0.2, 0.25) is 0 Å². The lowest BCUT2D eigenvalue weighted by Crippen LogP contribution is -2.36. The van der Waals surface area contributed by atoms with E-state index in [0.717, 1.165) is 11.1 Å². The molecule has 0 saturated carbocycles. The third-order valence-electron chi connectivity index (χ3n) is 5.34. The van der Waals surface area contributed by atoms with E-state index in [1.165, 1.54) is 4.57 Å². The van der Waals surface area contributed by atoms with Crippen molar-refractivity contribution >= 4 is 5.97 Å². The Morgan fingerprint density at radius 1 is 1.00 bits per heavy atom. The summed E-state index contributed by atoms with van der Waals surface area (Å²) in [7, 11) is 0. The van der Waals surface area contributed by atoms with Crippen molar-refractivity contribution in [3.8, 4) is 0 Å². The normalized spacial score (nSPS) is 11.3. The van der Waals surface area contributed by atoms with Gasteiger partial charge in [0, 0.05) is 17.7 Å². The summed E-state index contributed by atoms with van der Waals surface area (Å²) < 4.78 is 12.4. The van der Waals surface area contributed by atoms with Crippen LogP contribution in [0.25, 0.3) is 0 Å². The number of carbonyl (C=O) groups is 1. The van der Waals surface area contributed by atoms with Crippen LogP contribution in [0.1, 0.15) is 52.5 Å². The highest BCUT2D eigenvalue weighted by molar-refractivity contribution is 5.89. The Kier molecular flexibility index (Phi) is 8.76. The van der Waals surface area contributed by atoms with Crippen LogP contribution in [0, 0.1) is 6.92 Å². The fraction of sp³-hybridized carbons (Fsp3) is 0.296. The highest BCUT2D eigenvalue weighted by Gasteiger charge is 2.18. The molecule has 2 aromatic carbocycles. The van der Waals surface area contributed by atoms with E-state index in [4.69, 9.17) is 9.47 Å². The van der Waals surface area contributed by atoms with Crippen molar-refractivity contribution in [3.05, 3.63) is 116 Å². The average molecular weight is 463 g/mol. The van der Waals surface area contributed by atoms with Crippen molar-refractivity contribution in [1.29, 1.82) is 0 Å². The van der Waals surface area contributed by atoms with Crippen LogP contribution in [0.15, 0.2) is 76.3 Å². The summed E-state index contributed by atoms with van der Waals surface area (Å²) in [6.07, 6.45) is 3.85. The largest absolute Gasteiger partial charge is 0.458 e. The first-order valence-corrected chi connectivity index (χ1v) is 11.2. The summed E-state index contributed by atoms with van der Waals surface area (Å²) in [5.41, 5.74) is 2.92. The number of aromatic nitrogens is 2. The minimum atomic E-state index is -0.503. The van der Waals surface area contributed by atoms with E-state index in [1.54, 1.807) is 24.3 Å². The number of nitrogens with one attached hydrogen (secondary N) is 1. The molecule has 0 radical (unpaired) electrons. The molecule has 3 aromatic rings. The summed E-state index contributed by atoms with van der Waals surface area (Å²) in [5, 5.41) is 0. The Labute approximate surface area is 198 Å². The predicted octanol–water partition coefficient (Wildman–Crippen LogP) is 3.95. The number of H-pyrrole nitrogens is 1. The minimum absolute atomic E-state index is 0.00893. The SMILES string of the molecule is Cc1ccc(C(=O)OC/C=C/COCn2c(Cc3ccccc3)c(C(C)C)c(=O)[nH]c2=O)cc1. The van der Waals surface area contributed by atoms with Crippen LogP contribution in [-0.4, -0.2) is 28.7 Å². The second kappa shape index (κ2) is 12.0. The number of ether oxygens (including phenoxy) is 2. The zero-order valence-electron chi connectivity index (χ0n) is 19.7. The number of carbonyl (C=O) groups excluding carboxylic acids is 1. The van der Waals surface area contributed by atoms with Crippen LogP contribution < -0.4 is 11.2 Å². The van der Waals surface area contributed by atoms with E-state index in [1.807, 2.05) is 63.2 Å². The maximum absolute atomic E-state index is 12.6. The number of aryl methyl sites for hydroxylation is 1. The first-order chi connectivity index (χ1) is 16.4. The fourth-order valence-electron chi connectivity index (χ4n) is 3.59. The zero-order chi connectivity index (χ0) is 24.5. The van der Waals surface area contributed by atoms with E-state index < -0.39 is 11.7 Å². The quantitative estimate of drug-likeness (QED) is 0.280. The van der Waals surface area contributed by atoms with Gasteiger partial charge in [0.05, 0.1) is 12.2 Å². The van der Waals surface area contributed by atoms with Gasteiger partial charge >= 0.3 is 11.7 Å². The van der Waals surface area contributed by atoms with Gasteiger partial charge in [-0.05, 0) is 36.6 Å². The zero-order valence-corrected chi connectivity index (χ0v) is 19.7. The number of hydrogen-bond acceptors (Lipinski definition) is 5. The summed E-state index contributed by atoms with van der Waals surface area (Å²) in [6.45, 7) is 6.13. The molecule has 178 valence electrons. The molecule has 0 aliphatic heterocycles. The van der Waals surface area contributed by atoms with Gasteiger partial charge in [0.25, 0.3) is 5.56 Å². The molecule has 0 spiro atoms.